The summed E-state index contributed by atoms with van der Waals surface area (Å²) in [6.07, 6.45) is 4.55. The Morgan fingerprint density at radius 2 is 1.39 bits per heavy atom. The standard InChI is InChI=1S/C23H34N2O3/c1-7-12-24-13-9-11-19(21(24)27)23(5,6)17-28-16-15-25-14-8-10-18(20(25)26)22(2,3)4/h8-11,13-14H,7,12,15-17H2,1-6H3. The van der Waals surface area contributed by atoms with Crippen LogP contribution in [0.4, 0.5) is 0 Å². The third-order valence-corrected chi connectivity index (χ3v) is 4.98. The van der Waals surface area contributed by atoms with E-state index in [2.05, 4.69) is 6.92 Å². The van der Waals surface area contributed by atoms with Gasteiger partial charge in [0.25, 0.3) is 11.1 Å². The number of ether oxygens (including phenoxy) is 1. The second-order valence-corrected chi connectivity index (χ2v) is 9.03. The van der Waals surface area contributed by atoms with Gasteiger partial charge in [0.1, 0.15) is 0 Å². The van der Waals surface area contributed by atoms with Crippen molar-refractivity contribution in [2.45, 2.75) is 71.9 Å². The summed E-state index contributed by atoms with van der Waals surface area (Å²) >= 11 is 0. The minimum absolute atomic E-state index is 0.0309. The Bertz CT molecular complexity index is 901. The fourth-order valence-corrected chi connectivity index (χ4v) is 3.32. The fraction of sp³-hybridized carbons (Fsp3) is 0.565. The molecular formula is C23H34N2O3. The normalized spacial score (nSPS) is 12.4. The second kappa shape index (κ2) is 8.91. The number of pyridine rings is 2. The largest absolute Gasteiger partial charge is 0.379 e. The molecule has 5 nitrogen and oxygen atoms in total. The monoisotopic (exact) mass is 386 g/mol. The molecule has 28 heavy (non-hydrogen) atoms. The number of nitrogens with zero attached hydrogens (tertiary/aromatic N) is 2. The number of hydrogen-bond acceptors (Lipinski definition) is 3. The van der Waals surface area contributed by atoms with E-state index in [0.29, 0.717) is 19.8 Å². The van der Waals surface area contributed by atoms with Crippen molar-refractivity contribution in [1.82, 2.24) is 9.13 Å². The number of rotatable bonds is 8. The minimum Gasteiger partial charge on any atom is -0.379 e. The summed E-state index contributed by atoms with van der Waals surface area (Å²) in [5, 5.41) is 0. The molecule has 0 atom stereocenters. The zero-order chi connectivity index (χ0) is 20.9. The first-order valence-electron chi connectivity index (χ1n) is 10.1. The van der Waals surface area contributed by atoms with Crippen LogP contribution in [0.3, 0.4) is 0 Å². The molecule has 0 aliphatic heterocycles. The smallest absolute Gasteiger partial charge is 0.254 e. The van der Waals surface area contributed by atoms with Gasteiger partial charge < -0.3 is 13.9 Å². The van der Waals surface area contributed by atoms with Crippen molar-refractivity contribution < 1.29 is 4.74 Å². The van der Waals surface area contributed by atoms with Gasteiger partial charge in [-0.15, -0.1) is 0 Å². The summed E-state index contributed by atoms with van der Waals surface area (Å²) in [6, 6.07) is 7.60. The van der Waals surface area contributed by atoms with E-state index >= 15 is 0 Å². The highest BCUT2D eigenvalue weighted by molar-refractivity contribution is 5.21. The van der Waals surface area contributed by atoms with Crippen LogP contribution in [0.5, 0.6) is 0 Å². The molecule has 0 aliphatic rings. The van der Waals surface area contributed by atoms with Gasteiger partial charge in [-0.3, -0.25) is 9.59 Å². The average Bonchev–Trinajstić information content (AvgIpc) is 2.60. The molecule has 0 saturated heterocycles. The zero-order valence-corrected chi connectivity index (χ0v) is 18.1. The Hall–Kier alpha value is -2.14. The van der Waals surface area contributed by atoms with Crippen molar-refractivity contribution in [3.05, 3.63) is 68.5 Å². The SMILES string of the molecule is CCCn1cccc(C(C)(C)COCCn2cccc(C(C)(C)C)c2=O)c1=O. The molecule has 2 aromatic heterocycles. The minimum atomic E-state index is -0.397. The van der Waals surface area contributed by atoms with Crippen LogP contribution < -0.4 is 11.1 Å². The predicted molar refractivity (Wildman–Crippen MR) is 114 cm³/mol. The molecule has 5 heteroatoms. The third-order valence-electron chi connectivity index (χ3n) is 4.98. The molecule has 0 saturated carbocycles. The van der Waals surface area contributed by atoms with E-state index in [1.807, 2.05) is 65.1 Å². The summed E-state index contributed by atoms with van der Waals surface area (Å²) in [5.74, 6) is 0. The molecule has 0 unspecified atom stereocenters. The van der Waals surface area contributed by atoms with E-state index in [0.717, 1.165) is 24.1 Å². The Morgan fingerprint density at radius 3 is 1.96 bits per heavy atom. The molecule has 154 valence electrons. The summed E-state index contributed by atoms with van der Waals surface area (Å²) in [7, 11) is 0. The van der Waals surface area contributed by atoms with Gasteiger partial charge in [-0.25, -0.2) is 0 Å². The van der Waals surface area contributed by atoms with Gasteiger partial charge in [0, 0.05) is 42.0 Å². The van der Waals surface area contributed by atoms with Crippen LogP contribution in [0.25, 0.3) is 0 Å². The van der Waals surface area contributed by atoms with Crippen LogP contribution >= 0.6 is 0 Å². The topological polar surface area (TPSA) is 53.2 Å². The van der Waals surface area contributed by atoms with Crippen molar-refractivity contribution >= 4 is 0 Å². The first-order chi connectivity index (χ1) is 13.1. The highest BCUT2D eigenvalue weighted by atomic mass is 16.5. The number of hydrogen-bond donors (Lipinski definition) is 0. The molecule has 0 aromatic carbocycles. The van der Waals surface area contributed by atoms with Gasteiger partial charge in [0.2, 0.25) is 0 Å². The molecule has 0 spiro atoms. The van der Waals surface area contributed by atoms with Crippen LogP contribution in [0.15, 0.2) is 46.2 Å². The van der Waals surface area contributed by atoms with Crippen LogP contribution in [0, 0.1) is 0 Å². The highest BCUT2D eigenvalue weighted by Gasteiger charge is 2.25. The molecular weight excluding hydrogens is 352 g/mol. The quantitative estimate of drug-likeness (QED) is 0.650. The van der Waals surface area contributed by atoms with Crippen molar-refractivity contribution in [3.63, 3.8) is 0 Å². The lowest BCUT2D eigenvalue weighted by molar-refractivity contribution is 0.0873. The lowest BCUT2D eigenvalue weighted by Gasteiger charge is -2.25. The van der Waals surface area contributed by atoms with Crippen LogP contribution in [0.1, 0.15) is 59.1 Å². The zero-order valence-electron chi connectivity index (χ0n) is 18.1. The molecule has 2 rings (SSSR count). The molecule has 0 amide bonds. The maximum Gasteiger partial charge on any atom is 0.254 e. The van der Waals surface area contributed by atoms with E-state index < -0.39 is 5.41 Å². The van der Waals surface area contributed by atoms with Crippen LogP contribution in [-0.2, 0) is 28.7 Å². The summed E-state index contributed by atoms with van der Waals surface area (Å²) in [5.41, 5.74) is 1.06. The molecule has 2 aromatic rings. The van der Waals surface area contributed by atoms with Crippen molar-refractivity contribution in [2.75, 3.05) is 13.2 Å². The Balaban J connectivity index is 2.03. The van der Waals surface area contributed by atoms with Gasteiger partial charge >= 0.3 is 0 Å². The number of aryl methyl sites for hydroxylation is 1. The van der Waals surface area contributed by atoms with E-state index in [1.54, 1.807) is 15.3 Å². The van der Waals surface area contributed by atoms with E-state index in [1.165, 1.54) is 0 Å². The summed E-state index contributed by atoms with van der Waals surface area (Å²) in [4.78, 5) is 25.3. The van der Waals surface area contributed by atoms with Crippen molar-refractivity contribution in [1.29, 1.82) is 0 Å². The van der Waals surface area contributed by atoms with Gasteiger partial charge in [0.05, 0.1) is 13.2 Å². The Morgan fingerprint density at radius 1 is 0.857 bits per heavy atom. The molecule has 0 aliphatic carbocycles. The van der Waals surface area contributed by atoms with Crippen molar-refractivity contribution in [2.24, 2.45) is 0 Å². The summed E-state index contributed by atoms with van der Waals surface area (Å²) < 4.78 is 9.34. The van der Waals surface area contributed by atoms with Gasteiger partial charge in [-0.2, -0.15) is 0 Å². The predicted octanol–water partition coefficient (Wildman–Crippen LogP) is 3.71. The maximum absolute atomic E-state index is 12.7. The lowest BCUT2D eigenvalue weighted by Crippen LogP contribution is -2.35. The third kappa shape index (κ3) is 5.22. The Kier molecular flexibility index (Phi) is 7.05. The second-order valence-electron chi connectivity index (χ2n) is 9.03. The van der Waals surface area contributed by atoms with E-state index in [-0.39, 0.29) is 16.5 Å². The first kappa shape index (κ1) is 22.2. The lowest BCUT2D eigenvalue weighted by atomic mass is 9.86. The van der Waals surface area contributed by atoms with Gasteiger partial charge in [0.15, 0.2) is 0 Å². The Labute approximate surface area is 168 Å². The fourth-order valence-electron chi connectivity index (χ4n) is 3.32. The van der Waals surface area contributed by atoms with Crippen molar-refractivity contribution in [3.8, 4) is 0 Å². The summed E-state index contributed by atoms with van der Waals surface area (Å²) in [6.45, 7) is 14.3. The molecule has 0 fully saturated rings. The van der Waals surface area contributed by atoms with Crippen LogP contribution in [-0.4, -0.2) is 22.3 Å². The van der Waals surface area contributed by atoms with Crippen LogP contribution in [0.2, 0.25) is 0 Å². The number of aromatic nitrogens is 2. The van der Waals surface area contributed by atoms with E-state index in [4.69, 9.17) is 4.74 Å². The van der Waals surface area contributed by atoms with E-state index in [9.17, 15) is 9.59 Å². The van der Waals surface area contributed by atoms with Gasteiger partial charge in [-0.05, 0) is 24.0 Å². The maximum atomic E-state index is 12.7. The van der Waals surface area contributed by atoms with Gasteiger partial charge in [-0.1, -0.05) is 53.7 Å². The average molecular weight is 387 g/mol. The molecule has 2 heterocycles. The molecule has 0 radical (unpaired) electrons. The molecule has 0 N–H and O–H groups in total. The first-order valence-corrected chi connectivity index (χ1v) is 10.1. The highest BCUT2D eigenvalue weighted by Crippen LogP contribution is 2.20. The molecule has 0 bridgehead atoms.